The van der Waals surface area contributed by atoms with Crippen molar-refractivity contribution in [2.24, 2.45) is 0 Å². The Morgan fingerprint density at radius 1 is 1.17 bits per heavy atom. The van der Waals surface area contributed by atoms with Gasteiger partial charge in [-0.15, -0.1) is 0 Å². The van der Waals surface area contributed by atoms with Crippen LogP contribution in [0.1, 0.15) is 35.6 Å². The molecule has 3 rings (SSSR count). The molecule has 1 aromatic heterocycles. The van der Waals surface area contributed by atoms with Gasteiger partial charge in [-0.2, -0.15) is 0 Å². The Kier molecular flexibility index (Phi) is 6.08. The minimum atomic E-state index is 0.579. The van der Waals surface area contributed by atoms with E-state index in [4.69, 9.17) is 0 Å². The number of likely N-dealkylation sites (tertiary alicyclic amines) is 1. The average molecular weight is 327 g/mol. The Labute approximate surface area is 143 Å². The number of benzene rings is 1. The van der Waals surface area contributed by atoms with Crippen LogP contribution < -0.4 is 4.72 Å². The molecule has 0 radical (unpaired) electrons. The van der Waals surface area contributed by atoms with Crippen LogP contribution in [0.4, 0.5) is 0 Å². The van der Waals surface area contributed by atoms with Crippen LogP contribution in [0.3, 0.4) is 0 Å². The number of hydrogen-bond donors (Lipinski definition) is 1. The molecular weight excluding hydrogens is 302 g/mol. The predicted octanol–water partition coefficient (Wildman–Crippen LogP) is 3.83. The van der Waals surface area contributed by atoms with Crippen molar-refractivity contribution >= 4 is 11.9 Å². The lowest BCUT2D eigenvalue weighted by atomic mass is 9.94. The third kappa shape index (κ3) is 4.80. The van der Waals surface area contributed by atoms with Crippen molar-refractivity contribution in [2.75, 3.05) is 19.3 Å². The SMILES string of the molecule is CSNCc1ccc(CN2CCCC(c3ccccn3)C2)cc1. The second-order valence-electron chi connectivity index (χ2n) is 6.17. The quantitative estimate of drug-likeness (QED) is 0.816. The fourth-order valence-corrected chi connectivity index (χ4v) is 3.55. The standard InChI is InChI=1S/C19H25N3S/c1-23-21-13-16-7-9-17(10-8-16)14-22-12-4-5-18(15-22)19-6-2-3-11-20-19/h2-3,6-11,18,21H,4-5,12-15H2,1H3. The van der Waals surface area contributed by atoms with E-state index in [9.17, 15) is 0 Å². The van der Waals surface area contributed by atoms with Crippen molar-refractivity contribution in [1.29, 1.82) is 0 Å². The Morgan fingerprint density at radius 3 is 2.74 bits per heavy atom. The minimum absolute atomic E-state index is 0.579. The maximum absolute atomic E-state index is 4.55. The molecule has 2 aromatic rings. The number of piperidine rings is 1. The largest absolute Gasteiger partial charge is 0.298 e. The normalized spacial score (nSPS) is 18.9. The first-order chi connectivity index (χ1) is 11.3. The van der Waals surface area contributed by atoms with E-state index in [0.717, 1.165) is 19.6 Å². The molecule has 1 unspecified atom stereocenters. The topological polar surface area (TPSA) is 28.2 Å². The van der Waals surface area contributed by atoms with E-state index in [-0.39, 0.29) is 0 Å². The highest BCUT2D eigenvalue weighted by atomic mass is 32.2. The highest BCUT2D eigenvalue weighted by molar-refractivity contribution is 7.96. The molecule has 1 aliphatic rings. The van der Waals surface area contributed by atoms with Crippen LogP contribution in [-0.4, -0.2) is 29.2 Å². The zero-order valence-corrected chi connectivity index (χ0v) is 14.6. The molecule has 0 aliphatic carbocycles. The van der Waals surface area contributed by atoms with Crippen molar-refractivity contribution in [3.05, 3.63) is 65.5 Å². The number of nitrogens with one attached hydrogen (secondary N) is 1. The second-order valence-corrected chi connectivity index (χ2v) is 6.87. The molecule has 2 heterocycles. The van der Waals surface area contributed by atoms with E-state index >= 15 is 0 Å². The van der Waals surface area contributed by atoms with Gasteiger partial charge in [0.1, 0.15) is 0 Å². The van der Waals surface area contributed by atoms with Gasteiger partial charge in [0, 0.05) is 37.4 Å². The summed E-state index contributed by atoms with van der Waals surface area (Å²) in [6.45, 7) is 4.28. The van der Waals surface area contributed by atoms with Gasteiger partial charge in [-0.1, -0.05) is 42.3 Å². The summed E-state index contributed by atoms with van der Waals surface area (Å²) in [6.07, 6.45) is 6.49. The lowest BCUT2D eigenvalue weighted by Crippen LogP contribution is -2.34. The highest BCUT2D eigenvalue weighted by Crippen LogP contribution is 2.26. The molecule has 1 N–H and O–H groups in total. The van der Waals surface area contributed by atoms with Crippen LogP contribution in [0.15, 0.2) is 48.7 Å². The molecule has 1 atom stereocenters. The van der Waals surface area contributed by atoms with E-state index < -0.39 is 0 Å². The smallest absolute Gasteiger partial charge is 0.0447 e. The van der Waals surface area contributed by atoms with Gasteiger partial charge >= 0.3 is 0 Å². The monoisotopic (exact) mass is 327 g/mol. The molecule has 1 aliphatic heterocycles. The lowest BCUT2D eigenvalue weighted by Gasteiger charge is -2.32. The molecule has 0 bridgehead atoms. The second kappa shape index (κ2) is 8.48. The zero-order valence-electron chi connectivity index (χ0n) is 13.7. The van der Waals surface area contributed by atoms with Gasteiger partial charge in [-0.3, -0.25) is 14.6 Å². The van der Waals surface area contributed by atoms with Gasteiger partial charge in [0.15, 0.2) is 0 Å². The molecule has 0 amide bonds. The van der Waals surface area contributed by atoms with Gasteiger partial charge in [0.2, 0.25) is 0 Å². The molecule has 1 aromatic carbocycles. The van der Waals surface area contributed by atoms with Crippen LogP contribution >= 0.6 is 11.9 Å². The summed E-state index contributed by atoms with van der Waals surface area (Å²) in [6, 6.07) is 15.3. The minimum Gasteiger partial charge on any atom is -0.298 e. The molecule has 122 valence electrons. The molecule has 1 fully saturated rings. The molecule has 23 heavy (non-hydrogen) atoms. The fourth-order valence-electron chi connectivity index (χ4n) is 3.23. The molecule has 0 spiro atoms. The summed E-state index contributed by atoms with van der Waals surface area (Å²) in [5, 5.41) is 0. The van der Waals surface area contributed by atoms with E-state index in [1.165, 1.54) is 36.2 Å². The first-order valence-corrected chi connectivity index (χ1v) is 9.54. The van der Waals surface area contributed by atoms with Gasteiger partial charge < -0.3 is 0 Å². The highest BCUT2D eigenvalue weighted by Gasteiger charge is 2.22. The van der Waals surface area contributed by atoms with E-state index in [1.54, 1.807) is 11.9 Å². The summed E-state index contributed by atoms with van der Waals surface area (Å²) in [7, 11) is 0. The van der Waals surface area contributed by atoms with Crippen LogP contribution in [-0.2, 0) is 13.1 Å². The van der Waals surface area contributed by atoms with E-state index in [2.05, 4.69) is 57.3 Å². The number of aromatic nitrogens is 1. The average Bonchev–Trinajstić information content (AvgIpc) is 2.62. The van der Waals surface area contributed by atoms with Gasteiger partial charge in [-0.25, -0.2) is 0 Å². The van der Waals surface area contributed by atoms with Crippen LogP contribution in [0, 0.1) is 0 Å². The maximum Gasteiger partial charge on any atom is 0.0447 e. The zero-order chi connectivity index (χ0) is 15.9. The Hall–Kier alpha value is -1.36. The molecular formula is C19H25N3S. The summed E-state index contributed by atoms with van der Waals surface area (Å²) in [5.41, 5.74) is 3.99. The Bertz CT molecular complexity index is 585. The van der Waals surface area contributed by atoms with Crippen molar-refractivity contribution in [1.82, 2.24) is 14.6 Å². The van der Waals surface area contributed by atoms with Crippen molar-refractivity contribution in [3.8, 4) is 0 Å². The molecule has 4 heteroatoms. The van der Waals surface area contributed by atoms with Gasteiger partial charge in [0.05, 0.1) is 0 Å². The molecule has 3 nitrogen and oxygen atoms in total. The summed E-state index contributed by atoms with van der Waals surface area (Å²) in [5.74, 6) is 0.579. The number of hydrogen-bond acceptors (Lipinski definition) is 4. The summed E-state index contributed by atoms with van der Waals surface area (Å²) >= 11 is 1.66. The third-order valence-electron chi connectivity index (χ3n) is 4.46. The molecule has 1 saturated heterocycles. The predicted molar refractivity (Wildman–Crippen MR) is 98.3 cm³/mol. The van der Waals surface area contributed by atoms with Crippen molar-refractivity contribution < 1.29 is 0 Å². The molecule has 0 saturated carbocycles. The van der Waals surface area contributed by atoms with Crippen LogP contribution in [0.2, 0.25) is 0 Å². The first kappa shape index (κ1) is 16.5. The van der Waals surface area contributed by atoms with Crippen LogP contribution in [0.25, 0.3) is 0 Å². The van der Waals surface area contributed by atoms with Crippen LogP contribution in [0.5, 0.6) is 0 Å². The summed E-state index contributed by atoms with van der Waals surface area (Å²) in [4.78, 5) is 7.12. The first-order valence-electron chi connectivity index (χ1n) is 8.32. The number of nitrogens with zero attached hydrogens (tertiary/aromatic N) is 2. The number of rotatable bonds is 6. The van der Waals surface area contributed by atoms with Crippen molar-refractivity contribution in [2.45, 2.75) is 31.8 Å². The maximum atomic E-state index is 4.55. The number of pyridine rings is 1. The van der Waals surface area contributed by atoms with E-state index in [1.807, 2.05) is 12.3 Å². The Morgan fingerprint density at radius 2 is 2.00 bits per heavy atom. The lowest BCUT2D eigenvalue weighted by molar-refractivity contribution is 0.198. The fraction of sp³-hybridized carbons (Fsp3) is 0.421. The van der Waals surface area contributed by atoms with Gasteiger partial charge in [0.25, 0.3) is 0 Å². The summed E-state index contributed by atoms with van der Waals surface area (Å²) < 4.78 is 3.29. The van der Waals surface area contributed by atoms with Gasteiger partial charge in [-0.05, 0) is 48.9 Å². The Balaban J connectivity index is 1.57. The van der Waals surface area contributed by atoms with Crippen molar-refractivity contribution in [3.63, 3.8) is 0 Å². The third-order valence-corrected chi connectivity index (χ3v) is 4.89. The van der Waals surface area contributed by atoms with E-state index in [0.29, 0.717) is 5.92 Å².